The zero-order valence-corrected chi connectivity index (χ0v) is 13.7. The first-order valence-electron chi connectivity index (χ1n) is 8.04. The molecule has 1 saturated heterocycles. The van der Waals surface area contributed by atoms with Crippen molar-refractivity contribution >= 4 is 11.9 Å². The van der Waals surface area contributed by atoms with E-state index in [0.29, 0.717) is 24.6 Å². The van der Waals surface area contributed by atoms with Gasteiger partial charge in [-0.15, -0.1) is 0 Å². The first-order chi connectivity index (χ1) is 11.5. The maximum Gasteiger partial charge on any atom is 0.326 e. The van der Waals surface area contributed by atoms with E-state index in [1.807, 2.05) is 37.3 Å². The number of hydrogen-bond donors (Lipinski definition) is 1. The molecule has 1 aromatic carbocycles. The number of piperidine rings is 1. The van der Waals surface area contributed by atoms with E-state index in [9.17, 15) is 14.7 Å². The molecular weight excluding hydrogens is 308 g/mol. The average Bonchev–Trinajstić information content (AvgIpc) is 2.97. The smallest absolute Gasteiger partial charge is 0.326 e. The van der Waals surface area contributed by atoms with Gasteiger partial charge in [0.1, 0.15) is 6.04 Å². The lowest BCUT2D eigenvalue weighted by atomic mass is 9.92. The molecule has 0 spiro atoms. The number of likely N-dealkylation sites (tertiary alicyclic amines) is 1. The van der Waals surface area contributed by atoms with Gasteiger partial charge in [0.2, 0.25) is 11.7 Å². The summed E-state index contributed by atoms with van der Waals surface area (Å²) in [6, 6.07) is 8.50. The van der Waals surface area contributed by atoms with Crippen LogP contribution in [0, 0.1) is 12.8 Å². The minimum atomic E-state index is -0.977. The number of carbonyl (C=O) groups excluding carboxylic acids is 1. The molecule has 1 aromatic heterocycles. The van der Waals surface area contributed by atoms with Crippen LogP contribution in [0.4, 0.5) is 0 Å². The molecule has 2 heterocycles. The van der Waals surface area contributed by atoms with Crippen molar-refractivity contribution in [1.82, 2.24) is 9.88 Å². The molecule has 1 aliphatic rings. The fourth-order valence-corrected chi connectivity index (χ4v) is 3.05. The third-order valence-corrected chi connectivity index (χ3v) is 4.42. The van der Waals surface area contributed by atoms with Gasteiger partial charge >= 0.3 is 5.97 Å². The van der Waals surface area contributed by atoms with E-state index in [4.69, 9.17) is 4.42 Å². The number of carboxylic acid groups (broad SMARTS) is 1. The highest BCUT2D eigenvalue weighted by Crippen LogP contribution is 2.27. The third-order valence-electron chi connectivity index (χ3n) is 4.42. The molecule has 1 amide bonds. The molecule has 2 aromatic rings. The van der Waals surface area contributed by atoms with Crippen LogP contribution in [-0.4, -0.2) is 39.5 Å². The summed E-state index contributed by atoms with van der Waals surface area (Å²) in [6.45, 7) is 4.12. The summed E-state index contributed by atoms with van der Waals surface area (Å²) in [7, 11) is 0. The summed E-state index contributed by atoms with van der Waals surface area (Å²) >= 11 is 0. The van der Waals surface area contributed by atoms with Crippen LogP contribution in [0.15, 0.2) is 34.7 Å². The van der Waals surface area contributed by atoms with Gasteiger partial charge in [0.05, 0.1) is 5.69 Å². The zero-order valence-electron chi connectivity index (χ0n) is 13.7. The van der Waals surface area contributed by atoms with E-state index in [-0.39, 0.29) is 11.7 Å². The van der Waals surface area contributed by atoms with E-state index in [0.717, 1.165) is 12.0 Å². The second-order valence-electron chi connectivity index (χ2n) is 6.28. The quantitative estimate of drug-likeness (QED) is 0.936. The largest absolute Gasteiger partial charge is 0.480 e. The average molecular weight is 328 g/mol. The Morgan fingerprint density at radius 1 is 1.29 bits per heavy atom. The molecule has 126 valence electrons. The molecule has 6 heteroatoms. The van der Waals surface area contributed by atoms with Crippen molar-refractivity contribution in [3.63, 3.8) is 0 Å². The molecule has 3 rings (SSSR count). The van der Waals surface area contributed by atoms with Crippen molar-refractivity contribution in [1.29, 1.82) is 0 Å². The molecule has 6 nitrogen and oxygen atoms in total. The molecule has 2 atom stereocenters. The first-order valence-corrected chi connectivity index (χ1v) is 8.04. The second-order valence-corrected chi connectivity index (χ2v) is 6.28. The number of amides is 1. The van der Waals surface area contributed by atoms with E-state index in [2.05, 4.69) is 4.98 Å². The van der Waals surface area contributed by atoms with Gasteiger partial charge < -0.3 is 14.4 Å². The molecule has 1 N–H and O–H groups in total. The Morgan fingerprint density at radius 3 is 2.67 bits per heavy atom. The van der Waals surface area contributed by atoms with Crippen LogP contribution in [-0.2, 0) is 4.79 Å². The normalized spacial score (nSPS) is 20.8. The number of aromatic nitrogens is 1. The molecular formula is C18H20N2O4. The van der Waals surface area contributed by atoms with E-state index in [1.54, 1.807) is 6.92 Å². The van der Waals surface area contributed by atoms with Gasteiger partial charge in [-0.1, -0.05) is 25.1 Å². The van der Waals surface area contributed by atoms with E-state index >= 15 is 0 Å². The Morgan fingerprint density at radius 2 is 2.00 bits per heavy atom. The van der Waals surface area contributed by atoms with Gasteiger partial charge in [-0.25, -0.2) is 9.78 Å². The summed E-state index contributed by atoms with van der Waals surface area (Å²) in [6.07, 6.45) is 1.24. The highest BCUT2D eigenvalue weighted by Gasteiger charge is 2.37. The number of carboxylic acids is 1. The van der Waals surface area contributed by atoms with Crippen molar-refractivity contribution < 1.29 is 19.1 Å². The standard InChI is InChI=1S/C18H20N2O4/c1-11-8-9-20(14(10-11)18(22)23)17(21)15-12(2)19-16(24-15)13-6-4-3-5-7-13/h3-7,11,14H,8-10H2,1-2H3,(H,22,23). The van der Waals surface area contributed by atoms with E-state index < -0.39 is 17.9 Å². The number of aliphatic carboxylic acids is 1. The highest BCUT2D eigenvalue weighted by molar-refractivity contribution is 5.95. The van der Waals surface area contributed by atoms with Gasteiger partial charge in [-0.05, 0) is 37.8 Å². The van der Waals surface area contributed by atoms with Crippen molar-refractivity contribution in [3.05, 3.63) is 41.8 Å². The molecule has 0 radical (unpaired) electrons. The van der Waals surface area contributed by atoms with Crippen LogP contribution < -0.4 is 0 Å². The predicted octanol–water partition coefficient (Wildman–Crippen LogP) is 2.98. The molecule has 1 aliphatic heterocycles. The van der Waals surface area contributed by atoms with Crippen molar-refractivity contribution in [2.75, 3.05) is 6.54 Å². The Labute approximate surface area is 140 Å². The lowest BCUT2D eigenvalue weighted by molar-refractivity contribution is -0.144. The Bertz CT molecular complexity index is 754. The van der Waals surface area contributed by atoms with E-state index in [1.165, 1.54) is 4.90 Å². The summed E-state index contributed by atoms with van der Waals surface area (Å²) < 4.78 is 5.68. The third kappa shape index (κ3) is 3.04. The van der Waals surface area contributed by atoms with Crippen LogP contribution in [0.1, 0.15) is 36.0 Å². The van der Waals surface area contributed by atoms with Crippen LogP contribution in [0.3, 0.4) is 0 Å². The molecule has 1 fully saturated rings. The van der Waals surface area contributed by atoms with Crippen molar-refractivity contribution in [2.24, 2.45) is 5.92 Å². The molecule has 2 unspecified atom stereocenters. The number of hydrogen-bond acceptors (Lipinski definition) is 4. The monoisotopic (exact) mass is 328 g/mol. The molecule has 24 heavy (non-hydrogen) atoms. The van der Waals surface area contributed by atoms with Crippen LogP contribution in [0.25, 0.3) is 11.5 Å². The maximum absolute atomic E-state index is 12.8. The fraction of sp³-hybridized carbons (Fsp3) is 0.389. The summed E-state index contributed by atoms with van der Waals surface area (Å²) in [5.41, 5.74) is 1.25. The van der Waals surface area contributed by atoms with Crippen molar-refractivity contribution in [2.45, 2.75) is 32.7 Å². The maximum atomic E-state index is 12.8. The minimum absolute atomic E-state index is 0.120. The van der Waals surface area contributed by atoms with Crippen LogP contribution in [0.2, 0.25) is 0 Å². The SMILES string of the molecule is Cc1nc(-c2ccccc2)oc1C(=O)N1CCC(C)CC1C(=O)O. The molecule has 0 bridgehead atoms. The predicted molar refractivity (Wildman–Crippen MR) is 87.5 cm³/mol. The number of oxazole rings is 1. The number of rotatable bonds is 3. The lowest BCUT2D eigenvalue weighted by Crippen LogP contribution is -2.49. The first kappa shape index (κ1) is 16.2. The van der Waals surface area contributed by atoms with Crippen LogP contribution in [0.5, 0.6) is 0 Å². The Hall–Kier alpha value is -2.63. The van der Waals surface area contributed by atoms with Gasteiger partial charge in [0.15, 0.2) is 0 Å². The lowest BCUT2D eigenvalue weighted by Gasteiger charge is -2.35. The van der Waals surface area contributed by atoms with Gasteiger partial charge in [-0.3, -0.25) is 4.79 Å². The van der Waals surface area contributed by atoms with Crippen molar-refractivity contribution in [3.8, 4) is 11.5 Å². The number of carbonyl (C=O) groups is 2. The summed E-state index contributed by atoms with van der Waals surface area (Å²) in [5.74, 6) is -0.606. The number of aryl methyl sites for hydroxylation is 1. The van der Waals surface area contributed by atoms with Crippen LogP contribution >= 0.6 is 0 Å². The number of nitrogens with zero attached hydrogens (tertiary/aromatic N) is 2. The molecule has 0 aliphatic carbocycles. The number of benzene rings is 1. The van der Waals surface area contributed by atoms with Gasteiger partial charge in [-0.2, -0.15) is 0 Å². The topological polar surface area (TPSA) is 83.6 Å². The Balaban J connectivity index is 1.90. The van der Waals surface area contributed by atoms with Gasteiger partial charge in [0.25, 0.3) is 5.91 Å². The highest BCUT2D eigenvalue weighted by atomic mass is 16.4. The fourth-order valence-electron chi connectivity index (χ4n) is 3.05. The zero-order chi connectivity index (χ0) is 17.3. The summed E-state index contributed by atoms with van der Waals surface area (Å²) in [5, 5.41) is 9.43. The second kappa shape index (κ2) is 6.47. The summed E-state index contributed by atoms with van der Waals surface area (Å²) in [4.78, 5) is 30.0. The Kier molecular flexibility index (Phi) is 4.38. The molecule has 0 saturated carbocycles. The minimum Gasteiger partial charge on any atom is -0.480 e. The van der Waals surface area contributed by atoms with Gasteiger partial charge in [0, 0.05) is 12.1 Å².